The minimum absolute atomic E-state index is 0.117. The molecule has 0 saturated carbocycles. The van der Waals surface area contributed by atoms with E-state index in [0.29, 0.717) is 24.1 Å². The quantitative estimate of drug-likeness (QED) is 0.226. The smallest absolute Gasteiger partial charge is 0.419 e. The van der Waals surface area contributed by atoms with Gasteiger partial charge in [-0.3, -0.25) is 10.5 Å². The summed E-state index contributed by atoms with van der Waals surface area (Å²) in [6.07, 6.45) is 0.802. The minimum atomic E-state index is -1.04. The molecule has 0 aliphatic heterocycles. The highest BCUT2D eigenvalue weighted by Gasteiger charge is 2.11. The summed E-state index contributed by atoms with van der Waals surface area (Å²) in [6, 6.07) is -0.878. The third-order valence-electron chi connectivity index (χ3n) is 1.59. The van der Waals surface area contributed by atoms with Crippen molar-refractivity contribution in [2.24, 2.45) is 16.5 Å². The summed E-state index contributed by atoms with van der Waals surface area (Å²) in [5.41, 5.74) is 10.5. The Balaban J connectivity index is 3.71. The number of rotatable bonds is 5. The Morgan fingerprint density at radius 2 is 2.21 bits per heavy atom. The molecule has 5 N–H and O–H groups in total. The molecule has 80 valence electrons. The molecular formula is C7H15N4O3+. The fraction of sp³-hybridized carbons (Fsp3) is 0.714. The van der Waals surface area contributed by atoms with Gasteiger partial charge in [-0.1, -0.05) is 4.91 Å². The first-order valence-electron chi connectivity index (χ1n) is 4.14. The van der Waals surface area contributed by atoms with E-state index in [2.05, 4.69) is 4.99 Å². The zero-order chi connectivity index (χ0) is 11.1. The SMILES string of the molecule is C[N+](=O)C(N)=NCCCC(N)C(=O)O. The van der Waals surface area contributed by atoms with E-state index < -0.39 is 12.0 Å². The second-order valence-corrected chi connectivity index (χ2v) is 2.82. The average Bonchev–Trinajstić information content (AvgIpc) is 2.11. The summed E-state index contributed by atoms with van der Waals surface area (Å²) >= 11 is 0. The molecule has 0 spiro atoms. The molecule has 1 unspecified atom stereocenters. The molecule has 1 atom stereocenters. The lowest BCUT2D eigenvalue weighted by Gasteiger charge is -2.02. The van der Waals surface area contributed by atoms with E-state index in [9.17, 15) is 9.70 Å². The van der Waals surface area contributed by atoms with Crippen LogP contribution in [0.2, 0.25) is 0 Å². The lowest BCUT2D eigenvalue weighted by molar-refractivity contribution is -0.397. The number of carbonyl (C=O) groups is 1. The topological polar surface area (TPSA) is 122 Å². The highest BCUT2D eigenvalue weighted by molar-refractivity contribution is 5.73. The van der Waals surface area contributed by atoms with Crippen LogP contribution in [0.3, 0.4) is 0 Å². The van der Waals surface area contributed by atoms with Crippen LogP contribution in [-0.4, -0.2) is 41.4 Å². The number of nitrogens with two attached hydrogens (primary N) is 2. The van der Waals surface area contributed by atoms with Gasteiger partial charge in [0, 0.05) is 0 Å². The minimum Gasteiger partial charge on any atom is -0.480 e. The number of hydrogen-bond acceptors (Lipinski definition) is 4. The summed E-state index contributed by atoms with van der Waals surface area (Å²) in [6.45, 7) is 0.305. The first-order chi connectivity index (χ1) is 6.45. The summed E-state index contributed by atoms with van der Waals surface area (Å²) < 4.78 is 0.442. The van der Waals surface area contributed by atoms with E-state index in [1.165, 1.54) is 7.05 Å². The monoisotopic (exact) mass is 203 g/mol. The van der Waals surface area contributed by atoms with E-state index in [1.807, 2.05) is 0 Å². The predicted molar refractivity (Wildman–Crippen MR) is 50.9 cm³/mol. The van der Waals surface area contributed by atoms with Gasteiger partial charge in [0.25, 0.3) is 0 Å². The first kappa shape index (κ1) is 12.5. The van der Waals surface area contributed by atoms with Crippen molar-refractivity contribution in [3.05, 3.63) is 4.91 Å². The largest absolute Gasteiger partial charge is 0.480 e. The van der Waals surface area contributed by atoms with Crippen LogP contribution in [0.1, 0.15) is 12.8 Å². The summed E-state index contributed by atoms with van der Waals surface area (Å²) in [5, 5.41) is 8.43. The Hall–Kier alpha value is -1.50. The van der Waals surface area contributed by atoms with Gasteiger partial charge in [-0.05, 0) is 17.6 Å². The maximum atomic E-state index is 10.5. The molecule has 0 bridgehead atoms. The van der Waals surface area contributed by atoms with Crippen molar-refractivity contribution in [1.29, 1.82) is 0 Å². The van der Waals surface area contributed by atoms with Crippen LogP contribution in [0.25, 0.3) is 0 Å². The van der Waals surface area contributed by atoms with E-state index in [1.54, 1.807) is 0 Å². The van der Waals surface area contributed by atoms with Crippen LogP contribution in [-0.2, 0) is 4.79 Å². The van der Waals surface area contributed by atoms with Gasteiger partial charge < -0.3 is 10.8 Å². The number of nitrogens with zero attached hydrogens (tertiary/aromatic N) is 2. The molecule has 0 rings (SSSR count). The zero-order valence-corrected chi connectivity index (χ0v) is 8.01. The number of carboxylic acid groups (broad SMARTS) is 1. The third kappa shape index (κ3) is 5.20. The number of nitroso groups, excluding NO2 is 1. The molecule has 0 aromatic heterocycles. The van der Waals surface area contributed by atoms with Gasteiger partial charge in [0.05, 0.1) is 0 Å². The van der Waals surface area contributed by atoms with E-state index in [4.69, 9.17) is 16.6 Å². The van der Waals surface area contributed by atoms with Crippen molar-refractivity contribution in [2.45, 2.75) is 18.9 Å². The molecule has 0 saturated heterocycles. The zero-order valence-electron chi connectivity index (χ0n) is 8.01. The second kappa shape index (κ2) is 6.03. The predicted octanol–water partition coefficient (Wildman–Crippen LogP) is -1.10. The molecule has 0 aromatic carbocycles. The Bertz CT molecular complexity index is 251. The Labute approximate surface area is 81.4 Å². The molecule has 0 amide bonds. The van der Waals surface area contributed by atoms with Crippen molar-refractivity contribution in [1.82, 2.24) is 0 Å². The number of aliphatic carboxylic acids is 1. The van der Waals surface area contributed by atoms with Crippen LogP contribution in [0, 0.1) is 4.91 Å². The van der Waals surface area contributed by atoms with Gasteiger partial charge >= 0.3 is 11.9 Å². The molecular weight excluding hydrogens is 188 g/mol. The fourth-order valence-corrected chi connectivity index (χ4v) is 0.728. The maximum absolute atomic E-state index is 10.5. The third-order valence-corrected chi connectivity index (χ3v) is 1.59. The molecule has 0 aliphatic rings. The Morgan fingerprint density at radius 1 is 1.64 bits per heavy atom. The van der Waals surface area contributed by atoms with Gasteiger partial charge in [-0.25, -0.2) is 0 Å². The molecule has 0 heterocycles. The Kier molecular flexibility index (Phi) is 5.38. The van der Waals surface area contributed by atoms with Gasteiger partial charge in [0.1, 0.15) is 19.6 Å². The Morgan fingerprint density at radius 3 is 2.64 bits per heavy atom. The molecule has 7 nitrogen and oxygen atoms in total. The number of aliphatic imine (C=N–C) groups is 1. The number of hydrogen-bond donors (Lipinski definition) is 3. The maximum Gasteiger partial charge on any atom is 0.419 e. The van der Waals surface area contributed by atoms with E-state index in [-0.39, 0.29) is 5.96 Å². The lowest BCUT2D eigenvalue weighted by atomic mass is 10.2. The fourth-order valence-electron chi connectivity index (χ4n) is 0.728. The van der Waals surface area contributed by atoms with Crippen LogP contribution in [0.4, 0.5) is 0 Å². The molecule has 7 heteroatoms. The van der Waals surface area contributed by atoms with Crippen molar-refractivity contribution in [3.8, 4) is 0 Å². The molecule has 0 aliphatic carbocycles. The van der Waals surface area contributed by atoms with Crippen LogP contribution >= 0.6 is 0 Å². The molecule has 0 radical (unpaired) electrons. The first-order valence-corrected chi connectivity index (χ1v) is 4.14. The summed E-state index contributed by atoms with van der Waals surface area (Å²) in [7, 11) is 1.24. The van der Waals surface area contributed by atoms with Crippen molar-refractivity contribution in [2.75, 3.05) is 13.6 Å². The second-order valence-electron chi connectivity index (χ2n) is 2.82. The lowest BCUT2D eigenvalue weighted by Crippen LogP contribution is -2.30. The van der Waals surface area contributed by atoms with Gasteiger partial charge in [-0.2, -0.15) is 0 Å². The molecule has 0 fully saturated rings. The van der Waals surface area contributed by atoms with Crippen LogP contribution < -0.4 is 11.5 Å². The normalized spacial score (nSPS) is 13.7. The molecule has 0 aromatic rings. The van der Waals surface area contributed by atoms with E-state index >= 15 is 0 Å². The summed E-state index contributed by atoms with van der Waals surface area (Å²) in [4.78, 5) is 24.5. The summed E-state index contributed by atoms with van der Waals surface area (Å²) in [5.74, 6) is -1.16. The van der Waals surface area contributed by atoms with Crippen LogP contribution in [0.5, 0.6) is 0 Å². The number of carboxylic acids is 1. The van der Waals surface area contributed by atoms with Gasteiger partial charge in [0.15, 0.2) is 0 Å². The van der Waals surface area contributed by atoms with Gasteiger partial charge in [0.2, 0.25) is 0 Å². The van der Waals surface area contributed by atoms with Crippen molar-refractivity contribution in [3.63, 3.8) is 0 Å². The van der Waals surface area contributed by atoms with Crippen LogP contribution in [0.15, 0.2) is 4.99 Å². The number of guanidine groups is 1. The highest BCUT2D eigenvalue weighted by atomic mass is 16.4. The average molecular weight is 203 g/mol. The molecule has 14 heavy (non-hydrogen) atoms. The van der Waals surface area contributed by atoms with Crippen molar-refractivity contribution < 1.29 is 14.7 Å². The van der Waals surface area contributed by atoms with Gasteiger partial charge in [-0.15, -0.1) is 4.99 Å². The van der Waals surface area contributed by atoms with Crippen molar-refractivity contribution >= 4 is 11.9 Å². The highest BCUT2D eigenvalue weighted by Crippen LogP contribution is 1.94. The standard InChI is InChI=1S/C7H14N4O3/c1-11(14)7(9)10-4-2-3-5(8)6(12)13/h5H,2-4,8H2,1H3,(H2-,9,10,12,13)/p+1. The van der Waals surface area contributed by atoms with E-state index in [0.717, 1.165) is 0 Å².